The Balaban J connectivity index is 2.36. The largest absolute Gasteiger partial charge is 0.321 e. The van der Waals surface area contributed by atoms with Crippen molar-refractivity contribution in [3.63, 3.8) is 0 Å². The number of hydrogen-bond acceptors (Lipinski definition) is 8. The van der Waals surface area contributed by atoms with Crippen molar-refractivity contribution in [1.82, 2.24) is 25.2 Å². The van der Waals surface area contributed by atoms with Crippen molar-refractivity contribution >= 4 is 21.7 Å². The van der Waals surface area contributed by atoms with E-state index in [2.05, 4.69) is 30.5 Å². The lowest BCUT2D eigenvalue weighted by Gasteiger charge is -2.07. The van der Waals surface area contributed by atoms with Gasteiger partial charge in [-0.3, -0.25) is 5.84 Å². The van der Waals surface area contributed by atoms with Crippen molar-refractivity contribution in [3.05, 3.63) is 18.3 Å². The van der Waals surface area contributed by atoms with E-state index in [9.17, 15) is 8.42 Å². The molecule has 2 rings (SSSR count). The topological polar surface area (TPSA) is 141 Å². The molecular formula is C7H10N8O2S. The van der Waals surface area contributed by atoms with E-state index in [1.807, 2.05) is 0 Å². The fourth-order valence-electron chi connectivity index (χ4n) is 1.21. The molecule has 18 heavy (non-hydrogen) atoms. The Morgan fingerprint density at radius 3 is 2.83 bits per heavy atom. The predicted octanol–water partition coefficient (Wildman–Crippen LogP) is -1.31. The van der Waals surface area contributed by atoms with Crippen LogP contribution in [0.2, 0.25) is 0 Å². The predicted molar refractivity (Wildman–Crippen MR) is 61.7 cm³/mol. The van der Waals surface area contributed by atoms with E-state index >= 15 is 0 Å². The van der Waals surface area contributed by atoms with Gasteiger partial charge in [0.1, 0.15) is 0 Å². The number of nitrogens with one attached hydrogen (secondary N) is 2. The van der Waals surface area contributed by atoms with Gasteiger partial charge in [-0.05, 0) is 17.3 Å². The summed E-state index contributed by atoms with van der Waals surface area (Å²) < 4.78 is 26.1. The minimum atomic E-state index is -3.92. The first-order valence-electron chi connectivity index (χ1n) is 4.71. The van der Waals surface area contributed by atoms with Crippen LogP contribution in [0.25, 0.3) is 0 Å². The average Bonchev–Trinajstić information content (AvgIpc) is 2.74. The normalized spacial score (nSPS) is 11.2. The summed E-state index contributed by atoms with van der Waals surface area (Å²) in [5.74, 6) is 5.07. The van der Waals surface area contributed by atoms with E-state index in [-0.39, 0.29) is 16.7 Å². The van der Waals surface area contributed by atoms with Crippen LogP contribution in [0, 0.1) is 0 Å². The molecule has 0 amide bonds. The van der Waals surface area contributed by atoms with Crippen LogP contribution in [0.3, 0.4) is 0 Å². The van der Waals surface area contributed by atoms with Crippen LogP contribution >= 0.6 is 0 Å². The third-order valence-corrected chi connectivity index (χ3v) is 3.20. The van der Waals surface area contributed by atoms with E-state index in [1.165, 1.54) is 19.3 Å². The van der Waals surface area contributed by atoms with E-state index < -0.39 is 10.0 Å². The smallest absolute Gasteiger partial charge is 0.283 e. The molecule has 0 aliphatic carbocycles. The summed E-state index contributed by atoms with van der Waals surface area (Å²) in [6.45, 7) is 0. The van der Waals surface area contributed by atoms with Gasteiger partial charge >= 0.3 is 0 Å². The summed E-state index contributed by atoms with van der Waals surface area (Å²) in [5, 5.41) is 10.5. The average molecular weight is 270 g/mol. The number of sulfonamides is 1. The lowest BCUT2D eigenvalue weighted by atomic mass is 10.4. The van der Waals surface area contributed by atoms with E-state index in [4.69, 9.17) is 5.84 Å². The molecule has 0 aliphatic rings. The molecule has 2 heterocycles. The zero-order valence-corrected chi connectivity index (χ0v) is 10.1. The molecule has 10 nitrogen and oxygen atoms in total. The summed E-state index contributed by atoms with van der Waals surface area (Å²) in [4.78, 5) is 4.87. The summed E-state index contributed by atoms with van der Waals surface area (Å²) >= 11 is 0. The minimum Gasteiger partial charge on any atom is -0.321 e. The van der Waals surface area contributed by atoms with Gasteiger partial charge in [-0.2, -0.15) is 13.2 Å². The Labute approximate surface area is 102 Å². The van der Waals surface area contributed by atoms with Gasteiger partial charge in [-0.15, -0.1) is 5.10 Å². The standard InChI is InChI=1S/C7H10N8O2S/c1-15-12-7(11-14-15)13-18(16,17)6-5(10-8)3-2-4-9-6/h2-4,10H,8H2,1H3,(H,12,13). The number of tetrazole rings is 1. The molecule has 0 saturated heterocycles. The van der Waals surface area contributed by atoms with Crippen LogP contribution in [0.4, 0.5) is 11.6 Å². The van der Waals surface area contributed by atoms with Crippen molar-refractivity contribution in [2.45, 2.75) is 5.03 Å². The van der Waals surface area contributed by atoms with Gasteiger partial charge in [0.05, 0.1) is 12.7 Å². The summed E-state index contributed by atoms with van der Waals surface area (Å²) in [6, 6.07) is 3.03. The van der Waals surface area contributed by atoms with Gasteiger partial charge in [-0.1, -0.05) is 5.10 Å². The first-order chi connectivity index (χ1) is 8.53. The number of hydrazine groups is 1. The van der Waals surface area contributed by atoms with E-state index in [1.54, 1.807) is 6.07 Å². The van der Waals surface area contributed by atoms with Gasteiger partial charge in [0, 0.05) is 6.20 Å². The molecule has 96 valence electrons. The molecule has 0 unspecified atom stereocenters. The Hall–Kier alpha value is -2.27. The number of aryl methyl sites for hydroxylation is 1. The van der Waals surface area contributed by atoms with Crippen molar-refractivity contribution in [1.29, 1.82) is 0 Å². The monoisotopic (exact) mass is 270 g/mol. The Kier molecular flexibility index (Phi) is 3.08. The summed E-state index contributed by atoms with van der Waals surface area (Å²) in [5.41, 5.74) is 2.41. The molecule has 0 aliphatic heterocycles. The highest BCUT2D eigenvalue weighted by Gasteiger charge is 2.21. The fraction of sp³-hybridized carbons (Fsp3) is 0.143. The van der Waals surface area contributed by atoms with Gasteiger partial charge in [-0.25, -0.2) is 9.71 Å². The second kappa shape index (κ2) is 4.54. The van der Waals surface area contributed by atoms with Gasteiger partial charge in [0.25, 0.3) is 16.0 Å². The fourth-order valence-corrected chi connectivity index (χ4v) is 2.24. The van der Waals surface area contributed by atoms with Crippen LogP contribution in [-0.4, -0.2) is 33.6 Å². The lowest BCUT2D eigenvalue weighted by Crippen LogP contribution is -2.19. The first-order valence-corrected chi connectivity index (χ1v) is 6.19. The first kappa shape index (κ1) is 12.2. The maximum absolute atomic E-state index is 12.0. The molecule has 0 aromatic carbocycles. The third-order valence-electron chi connectivity index (χ3n) is 1.92. The molecule has 0 atom stereocenters. The molecule has 4 N–H and O–H groups in total. The van der Waals surface area contributed by atoms with Crippen molar-refractivity contribution in [3.8, 4) is 0 Å². The number of nitrogens with two attached hydrogens (primary N) is 1. The highest BCUT2D eigenvalue weighted by molar-refractivity contribution is 7.92. The third kappa shape index (κ3) is 2.36. The zero-order chi connectivity index (χ0) is 13.2. The Bertz CT molecular complexity index is 651. The van der Waals surface area contributed by atoms with Gasteiger partial charge in [0.15, 0.2) is 0 Å². The number of anilines is 2. The second-order valence-corrected chi connectivity index (χ2v) is 4.81. The number of nitrogen functional groups attached to an aromatic ring is 1. The van der Waals surface area contributed by atoms with E-state index in [0.29, 0.717) is 0 Å². The summed E-state index contributed by atoms with van der Waals surface area (Å²) in [7, 11) is -2.41. The van der Waals surface area contributed by atoms with Gasteiger partial charge in [0.2, 0.25) is 5.03 Å². The molecule has 0 fully saturated rings. The molecule has 0 saturated carbocycles. The van der Waals surface area contributed by atoms with Crippen LogP contribution in [0.1, 0.15) is 0 Å². The van der Waals surface area contributed by atoms with Crippen molar-refractivity contribution in [2.75, 3.05) is 10.1 Å². The number of aromatic nitrogens is 5. The summed E-state index contributed by atoms with van der Waals surface area (Å²) in [6.07, 6.45) is 1.33. The quantitative estimate of drug-likeness (QED) is 0.459. The number of rotatable bonds is 4. The van der Waals surface area contributed by atoms with Crippen LogP contribution < -0.4 is 16.0 Å². The molecule has 2 aromatic heterocycles. The van der Waals surface area contributed by atoms with Crippen LogP contribution in [0.15, 0.2) is 23.4 Å². The zero-order valence-electron chi connectivity index (χ0n) is 9.27. The number of pyridine rings is 1. The van der Waals surface area contributed by atoms with Crippen molar-refractivity contribution < 1.29 is 8.42 Å². The van der Waals surface area contributed by atoms with Crippen LogP contribution in [0.5, 0.6) is 0 Å². The highest BCUT2D eigenvalue weighted by atomic mass is 32.2. The molecular weight excluding hydrogens is 260 g/mol. The molecule has 0 radical (unpaired) electrons. The van der Waals surface area contributed by atoms with Gasteiger partial charge < -0.3 is 5.43 Å². The maximum Gasteiger partial charge on any atom is 0.283 e. The maximum atomic E-state index is 12.0. The van der Waals surface area contributed by atoms with Crippen molar-refractivity contribution in [2.24, 2.45) is 12.9 Å². The Morgan fingerprint density at radius 2 is 2.22 bits per heavy atom. The molecule has 2 aromatic rings. The molecule has 0 spiro atoms. The lowest BCUT2D eigenvalue weighted by molar-refractivity contribution is 0.597. The van der Waals surface area contributed by atoms with E-state index in [0.717, 1.165) is 4.80 Å². The highest BCUT2D eigenvalue weighted by Crippen LogP contribution is 2.18. The number of nitrogens with zero attached hydrogens (tertiary/aromatic N) is 5. The Morgan fingerprint density at radius 1 is 1.44 bits per heavy atom. The molecule has 11 heteroatoms. The van der Waals surface area contributed by atoms with Crippen LogP contribution in [-0.2, 0) is 17.1 Å². The minimum absolute atomic E-state index is 0.147. The number of hydrogen-bond donors (Lipinski definition) is 3. The SMILES string of the molecule is Cn1nnc(NS(=O)(=O)c2ncccc2NN)n1. The second-order valence-electron chi connectivity index (χ2n) is 3.21. The molecule has 0 bridgehead atoms.